The van der Waals surface area contributed by atoms with Gasteiger partial charge >= 0.3 is 0 Å². The lowest BCUT2D eigenvalue weighted by molar-refractivity contribution is -0.990. The number of benzene rings is 2. The van der Waals surface area contributed by atoms with Gasteiger partial charge in [0.2, 0.25) is 0 Å². The highest BCUT2D eigenvalue weighted by atomic mass is 16.8. The fraction of sp³-hybridized carbons (Fsp3) is 0.536. The molecule has 9 nitrogen and oxygen atoms in total. The number of pyridine rings is 1. The lowest BCUT2D eigenvalue weighted by Gasteiger charge is -2.22. The predicted octanol–water partition coefficient (Wildman–Crippen LogP) is 4.09. The zero-order chi connectivity index (χ0) is 26.8. The minimum atomic E-state index is -0.981. The maximum atomic E-state index is 12.2. The van der Waals surface area contributed by atoms with Crippen molar-refractivity contribution in [2.75, 3.05) is 70.1 Å². The molecule has 0 bridgehead atoms. The average Bonchev–Trinajstić information content (AvgIpc) is 2.92. The molecule has 37 heavy (non-hydrogen) atoms. The van der Waals surface area contributed by atoms with E-state index in [1.165, 1.54) is 0 Å². The Balaban J connectivity index is 2.04. The monoisotopic (exact) mass is 512 g/mol. The second-order valence-electron chi connectivity index (χ2n) is 9.17. The van der Waals surface area contributed by atoms with E-state index in [-0.39, 0.29) is 5.69 Å². The van der Waals surface area contributed by atoms with Crippen LogP contribution in [0.5, 0.6) is 5.75 Å². The van der Waals surface area contributed by atoms with Crippen molar-refractivity contribution in [1.29, 1.82) is 0 Å². The molecule has 2 aromatic carbocycles. The van der Waals surface area contributed by atoms with Crippen molar-refractivity contribution < 1.29 is 15.2 Å². The third kappa shape index (κ3) is 7.21. The number of hydrogen-bond acceptors (Lipinski definition) is 8. The van der Waals surface area contributed by atoms with E-state index < -0.39 is 5.23 Å². The normalized spacial score (nSPS) is 12.6. The third-order valence-corrected chi connectivity index (χ3v) is 7.07. The molecule has 4 N–H and O–H groups in total. The van der Waals surface area contributed by atoms with Crippen molar-refractivity contribution in [3.63, 3.8) is 0 Å². The van der Waals surface area contributed by atoms with E-state index in [1.54, 1.807) is 13.2 Å². The van der Waals surface area contributed by atoms with Crippen LogP contribution in [-0.4, -0.2) is 79.5 Å². The molecule has 204 valence electrons. The van der Waals surface area contributed by atoms with Crippen LogP contribution in [0.4, 0.5) is 17.1 Å². The van der Waals surface area contributed by atoms with Crippen LogP contribution in [0.3, 0.4) is 0 Å². The van der Waals surface area contributed by atoms with Gasteiger partial charge in [0.05, 0.1) is 23.7 Å². The van der Waals surface area contributed by atoms with Crippen molar-refractivity contribution in [1.82, 2.24) is 14.8 Å². The number of hydrogen-bond donors (Lipinski definition) is 4. The molecule has 0 fully saturated rings. The molecule has 1 heterocycles. The molecule has 9 heteroatoms. The Kier molecular flexibility index (Phi) is 11.2. The fourth-order valence-corrected chi connectivity index (χ4v) is 4.78. The van der Waals surface area contributed by atoms with E-state index in [1.807, 2.05) is 24.3 Å². The second-order valence-corrected chi connectivity index (χ2v) is 9.17. The number of ether oxygens (including phenoxy) is 1. The molecule has 1 atom stereocenters. The van der Waals surface area contributed by atoms with Gasteiger partial charge in [-0.3, -0.25) is 0 Å². The Labute approximate surface area is 220 Å². The van der Waals surface area contributed by atoms with E-state index in [0.717, 1.165) is 98.6 Å². The van der Waals surface area contributed by atoms with E-state index in [0.29, 0.717) is 5.52 Å². The molecule has 0 aliphatic carbocycles. The minimum Gasteiger partial charge on any atom is -0.595 e. The van der Waals surface area contributed by atoms with E-state index in [4.69, 9.17) is 9.72 Å². The van der Waals surface area contributed by atoms with Gasteiger partial charge < -0.3 is 30.4 Å². The number of anilines is 2. The Morgan fingerprint density at radius 1 is 0.919 bits per heavy atom. The van der Waals surface area contributed by atoms with Gasteiger partial charge in [-0.1, -0.05) is 27.7 Å². The highest BCUT2D eigenvalue weighted by Gasteiger charge is 2.19. The first kappa shape index (κ1) is 28.9. The standard InChI is InChI=1S/C28H44N6O3/c1-6-32(7-2)18-10-16-29-24-14-15-25(34(35)36)28-26(24)27(30-17-11-19-33(8-3)9-4)22-20-21(37-5)12-13-23(22)31-28/h12-15,20,29,34-35H,6-11,16-19H2,1-5H3,(H,30,31). The van der Waals surface area contributed by atoms with Crippen LogP contribution in [-0.2, 0) is 0 Å². The number of methoxy groups -OCH3 is 1. The van der Waals surface area contributed by atoms with Crippen molar-refractivity contribution >= 4 is 38.9 Å². The summed E-state index contributed by atoms with van der Waals surface area (Å²) in [7, 11) is 1.65. The largest absolute Gasteiger partial charge is 0.595 e. The molecule has 0 aliphatic heterocycles. The van der Waals surface area contributed by atoms with Crippen LogP contribution in [0.25, 0.3) is 21.8 Å². The zero-order valence-corrected chi connectivity index (χ0v) is 23.1. The van der Waals surface area contributed by atoms with Crippen LogP contribution in [0.2, 0.25) is 0 Å². The molecule has 0 spiro atoms. The number of aromatic nitrogens is 1. The topological polar surface area (TPSA) is 100 Å². The summed E-state index contributed by atoms with van der Waals surface area (Å²) in [6.07, 6.45) is 1.97. The highest BCUT2D eigenvalue weighted by Crippen LogP contribution is 2.39. The summed E-state index contributed by atoms with van der Waals surface area (Å²) >= 11 is 0. The molecular weight excluding hydrogens is 468 g/mol. The first-order valence-corrected chi connectivity index (χ1v) is 13.6. The fourth-order valence-electron chi connectivity index (χ4n) is 4.78. The van der Waals surface area contributed by atoms with Crippen LogP contribution in [0.15, 0.2) is 30.3 Å². The Morgan fingerprint density at radius 3 is 2.11 bits per heavy atom. The lowest BCUT2D eigenvalue weighted by atomic mass is 10.0. The predicted molar refractivity (Wildman–Crippen MR) is 153 cm³/mol. The zero-order valence-electron chi connectivity index (χ0n) is 23.1. The summed E-state index contributed by atoms with van der Waals surface area (Å²) in [6, 6.07) is 9.26. The van der Waals surface area contributed by atoms with Crippen LogP contribution < -0.4 is 20.6 Å². The van der Waals surface area contributed by atoms with Gasteiger partial charge in [-0.25, -0.2) is 10.2 Å². The van der Waals surface area contributed by atoms with Gasteiger partial charge in [-0.2, -0.15) is 5.23 Å². The summed E-state index contributed by atoms with van der Waals surface area (Å²) in [5, 5.41) is 30.1. The first-order valence-electron chi connectivity index (χ1n) is 13.6. The Hall–Kier alpha value is -2.69. The molecule has 0 saturated heterocycles. The molecule has 0 aliphatic rings. The summed E-state index contributed by atoms with van der Waals surface area (Å²) in [6.45, 7) is 16.4. The summed E-state index contributed by atoms with van der Waals surface area (Å²) in [4.78, 5) is 9.63. The lowest BCUT2D eigenvalue weighted by Crippen LogP contribution is -2.99. The third-order valence-electron chi connectivity index (χ3n) is 7.07. The Bertz CT molecular complexity index is 1130. The minimum absolute atomic E-state index is 0.201. The molecule has 0 radical (unpaired) electrons. The second kappa shape index (κ2) is 14.3. The van der Waals surface area contributed by atoms with E-state index >= 15 is 0 Å². The molecule has 0 amide bonds. The molecule has 1 unspecified atom stereocenters. The van der Waals surface area contributed by atoms with E-state index in [2.05, 4.69) is 48.1 Å². The molecular formula is C28H44N6O3. The molecule has 0 saturated carbocycles. The average molecular weight is 513 g/mol. The van der Waals surface area contributed by atoms with E-state index in [9.17, 15) is 10.4 Å². The van der Waals surface area contributed by atoms with Gasteiger partial charge in [-0.05, 0) is 76.4 Å². The van der Waals surface area contributed by atoms with Crippen molar-refractivity contribution in [3.05, 3.63) is 35.5 Å². The molecule has 1 aromatic heterocycles. The SMILES string of the molecule is CCN(CC)CCCNc1ccc([NH+]([O-])O)c2nc3ccc(OC)cc3c(NCCCN(CC)CC)c12. The maximum absolute atomic E-state index is 12.2. The summed E-state index contributed by atoms with van der Waals surface area (Å²) < 4.78 is 5.51. The van der Waals surface area contributed by atoms with Crippen LogP contribution >= 0.6 is 0 Å². The van der Waals surface area contributed by atoms with Gasteiger partial charge in [0.25, 0.3) is 0 Å². The number of nitrogens with one attached hydrogen (secondary N) is 3. The number of fused-ring (bicyclic) bond motifs is 2. The maximum Gasteiger partial charge on any atom is 0.190 e. The van der Waals surface area contributed by atoms with Gasteiger partial charge in [0, 0.05) is 30.2 Å². The van der Waals surface area contributed by atoms with Crippen molar-refractivity contribution in [2.45, 2.75) is 40.5 Å². The first-order chi connectivity index (χ1) is 18.0. The summed E-state index contributed by atoms with van der Waals surface area (Å²) in [5.41, 5.74) is 3.22. The van der Waals surface area contributed by atoms with Crippen LogP contribution in [0.1, 0.15) is 40.5 Å². The molecule has 3 aromatic rings. The van der Waals surface area contributed by atoms with Gasteiger partial charge in [0.15, 0.2) is 5.69 Å². The van der Waals surface area contributed by atoms with Crippen molar-refractivity contribution in [3.8, 4) is 5.75 Å². The molecule has 3 rings (SSSR count). The highest BCUT2D eigenvalue weighted by molar-refractivity contribution is 6.15. The van der Waals surface area contributed by atoms with Gasteiger partial charge in [0.1, 0.15) is 11.3 Å². The van der Waals surface area contributed by atoms with Crippen molar-refractivity contribution in [2.24, 2.45) is 0 Å². The number of rotatable bonds is 16. The quantitative estimate of drug-likeness (QED) is 0.129. The summed E-state index contributed by atoms with van der Waals surface area (Å²) in [5.74, 6) is 0.739. The number of nitrogens with zero attached hydrogens (tertiary/aromatic N) is 3. The van der Waals surface area contributed by atoms with Crippen LogP contribution in [0, 0.1) is 5.21 Å². The Morgan fingerprint density at radius 2 is 1.54 bits per heavy atom. The smallest absolute Gasteiger partial charge is 0.190 e. The number of quaternary nitrogens is 1. The van der Waals surface area contributed by atoms with Gasteiger partial charge in [-0.15, -0.1) is 0 Å².